The van der Waals surface area contributed by atoms with Crippen molar-refractivity contribution in [3.63, 3.8) is 0 Å². The van der Waals surface area contributed by atoms with E-state index >= 15 is 0 Å². The Kier molecular flexibility index (Phi) is 3.82. The lowest BCUT2D eigenvalue weighted by Gasteiger charge is -2.31. The van der Waals surface area contributed by atoms with E-state index in [-0.39, 0.29) is 11.5 Å². The highest BCUT2D eigenvalue weighted by Gasteiger charge is 2.46. The van der Waals surface area contributed by atoms with Crippen LogP contribution in [0.4, 0.5) is 0 Å². The summed E-state index contributed by atoms with van der Waals surface area (Å²) in [6.07, 6.45) is 0.0396. The number of rotatable bonds is 3. The van der Waals surface area contributed by atoms with Gasteiger partial charge in [0.05, 0.1) is 25.2 Å². The summed E-state index contributed by atoms with van der Waals surface area (Å²) >= 11 is 6.37. The zero-order valence-corrected chi connectivity index (χ0v) is 13.2. The fraction of sp³-hybridized carbons (Fsp3) is 0.412. The zero-order valence-electron chi connectivity index (χ0n) is 12.4. The monoisotopic (exact) mass is 306 g/mol. The van der Waals surface area contributed by atoms with Gasteiger partial charge in [0, 0.05) is 5.56 Å². The molecule has 0 amide bonds. The van der Waals surface area contributed by atoms with E-state index in [1.165, 1.54) is 0 Å². The predicted octanol–water partition coefficient (Wildman–Crippen LogP) is 4.06. The van der Waals surface area contributed by atoms with E-state index in [1.54, 1.807) is 7.11 Å². The highest BCUT2D eigenvalue weighted by atomic mass is 35.5. The maximum Gasteiger partial charge on any atom is 0.211 e. The van der Waals surface area contributed by atoms with Crippen molar-refractivity contribution in [1.82, 2.24) is 0 Å². The summed E-state index contributed by atoms with van der Waals surface area (Å²) in [6, 6.07) is 12.1. The first-order chi connectivity index (χ1) is 10.0. The SMILES string of the molecule is COc1ccc2cc(C3(C(C)Cl)OCC(C)O3)ccc2c1. The lowest BCUT2D eigenvalue weighted by Crippen LogP contribution is -2.36. The van der Waals surface area contributed by atoms with E-state index < -0.39 is 5.79 Å². The molecule has 0 aliphatic carbocycles. The van der Waals surface area contributed by atoms with Gasteiger partial charge < -0.3 is 14.2 Å². The number of methoxy groups -OCH3 is 1. The van der Waals surface area contributed by atoms with Crippen LogP contribution in [0.5, 0.6) is 5.75 Å². The van der Waals surface area contributed by atoms with Crippen molar-refractivity contribution < 1.29 is 14.2 Å². The van der Waals surface area contributed by atoms with Crippen molar-refractivity contribution in [2.75, 3.05) is 13.7 Å². The minimum absolute atomic E-state index is 0.0396. The van der Waals surface area contributed by atoms with Gasteiger partial charge in [-0.3, -0.25) is 0 Å². The molecule has 0 radical (unpaired) electrons. The third-order valence-corrected chi connectivity index (χ3v) is 4.17. The van der Waals surface area contributed by atoms with Gasteiger partial charge in [-0.1, -0.05) is 18.2 Å². The number of alkyl halides is 1. The van der Waals surface area contributed by atoms with Gasteiger partial charge >= 0.3 is 0 Å². The average Bonchev–Trinajstić information content (AvgIpc) is 2.89. The molecule has 3 atom stereocenters. The molecule has 1 aliphatic rings. The molecule has 0 bridgehead atoms. The molecule has 0 N–H and O–H groups in total. The molecular weight excluding hydrogens is 288 g/mol. The smallest absolute Gasteiger partial charge is 0.211 e. The van der Waals surface area contributed by atoms with Crippen molar-refractivity contribution in [2.24, 2.45) is 0 Å². The number of halogens is 1. The van der Waals surface area contributed by atoms with Crippen LogP contribution in [0.1, 0.15) is 19.4 Å². The highest BCUT2D eigenvalue weighted by molar-refractivity contribution is 6.21. The number of fused-ring (bicyclic) bond motifs is 1. The van der Waals surface area contributed by atoms with Gasteiger partial charge in [-0.25, -0.2) is 0 Å². The molecule has 2 aromatic carbocycles. The van der Waals surface area contributed by atoms with Gasteiger partial charge in [0.25, 0.3) is 0 Å². The first kappa shape index (κ1) is 14.6. The summed E-state index contributed by atoms with van der Waals surface area (Å²) in [4.78, 5) is 0. The molecule has 1 aliphatic heterocycles. The largest absolute Gasteiger partial charge is 0.497 e. The minimum Gasteiger partial charge on any atom is -0.497 e. The first-order valence-corrected chi connectivity index (χ1v) is 7.53. The van der Waals surface area contributed by atoms with E-state index in [0.29, 0.717) is 6.61 Å². The summed E-state index contributed by atoms with van der Waals surface area (Å²) in [5, 5.41) is 1.94. The second-order valence-corrected chi connectivity index (χ2v) is 6.11. The molecule has 112 valence electrons. The quantitative estimate of drug-likeness (QED) is 0.800. The van der Waals surface area contributed by atoms with E-state index in [4.69, 9.17) is 25.8 Å². The van der Waals surface area contributed by atoms with Gasteiger partial charge in [-0.05, 0) is 42.8 Å². The maximum atomic E-state index is 6.37. The van der Waals surface area contributed by atoms with Crippen molar-refractivity contribution >= 4 is 22.4 Å². The Labute approximate surface area is 129 Å². The van der Waals surface area contributed by atoms with Gasteiger partial charge in [0.15, 0.2) is 0 Å². The Bertz CT molecular complexity index is 656. The first-order valence-electron chi connectivity index (χ1n) is 7.09. The molecule has 2 aromatic rings. The normalized spacial score (nSPS) is 27.0. The Morgan fingerprint density at radius 1 is 1.24 bits per heavy atom. The van der Waals surface area contributed by atoms with Crippen molar-refractivity contribution in [1.29, 1.82) is 0 Å². The molecule has 3 rings (SSSR count). The second-order valence-electron chi connectivity index (χ2n) is 5.45. The van der Waals surface area contributed by atoms with Crippen LogP contribution in [0, 0.1) is 0 Å². The highest BCUT2D eigenvalue weighted by Crippen LogP contribution is 2.40. The molecule has 4 heteroatoms. The molecule has 0 spiro atoms. The minimum atomic E-state index is -0.866. The van der Waals surface area contributed by atoms with E-state index in [1.807, 2.05) is 44.2 Å². The van der Waals surface area contributed by atoms with Crippen LogP contribution in [0.2, 0.25) is 0 Å². The summed E-state index contributed by atoms with van der Waals surface area (Å²) in [7, 11) is 1.67. The van der Waals surface area contributed by atoms with Crippen molar-refractivity contribution in [3.05, 3.63) is 42.0 Å². The number of benzene rings is 2. The summed E-state index contributed by atoms with van der Waals surface area (Å²) in [5.41, 5.74) is 0.951. The van der Waals surface area contributed by atoms with Crippen LogP contribution in [0.25, 0.3) is 10.8 Å². The van der Waals surface area contributed by atoms with Gasteiger partial charge in [-0.2, -0.15) is 0 Å². The third kappa shape index (κ3) is 2.50. The molecule has 1 saturated heterocycles. The summed E-state index contributed by atoms with van der Waals surface area (Å²) < 4.78 is 17.2. The fourth-order valence-corrected chi connectivity index (χ4v) is 3.01. The number of hydrogen-bond donors (Lipinski definition) is 0. The van der Waals surface area contributed by atoms with Crippen LogP contribution in [0.15, 0.2) is 36.4 Å². The standard InChI is InChI=1S/C17H19ClO3/c1-11-10-20-17(21-11,12(2)18)15-6-4-14-9-16(19-3)7-5-13(14)8-15/h4-9,11-12H,10H2,1-3H3. The number of ether oxygens (including phenoxy) is 3. The Hall–Kier alpha value is -1.29. The molecule has 3 nitrogen and oxygen atoms in total. The van der Waals surface area contributed by atoms with Gasteiger partial charge in [-0.15, -0.1) is 11.6 Å². The average molecular weight is 307 g/mol. The Balaban J connectivity index is 2.07. The maximum absolute atomic E-state index is 6.37. The van der Waals surface area contributed by atoms with Crippen LogP contribution in [-0.4, -0.2) is 25.2 Å². The second kappa shape index (κ2) is 5.48. The van der Waals surface area contributed by atoms with Gasteiger partial charge in [0.2, 0.25) is 5.79 Å². The Morgan fingerprint density at radius 3 is 2.57 bits per heavy atom. The topological polar surface area (TPSA) is 27.7 Å². The van der Waals surface area contributed by atoms with Crippen molar-refractivity contribution in [2.45, 2.75) is 31.1 Å². The third-order valence-electron chi connectivity index (χ3n) is 3.88. The lowest BCUT2D eigenvalue weighted by atomic mass is 9.98. The van der Waals surface area contributed by atoms with Crippen molar-refractivity contribution in [3.8, 4) is 5.75 Å². The number of hydrogen-bond acceptors (Lipinski definition) is 3. The van der Waals surface area contributed by atoms with E-state index in [9.17, 15) is 0 Å². The van der Waals surface area contributed by atoms with E-state index in [0.717, 1.165) is 22.1 Å². The predicted molar refractivity (Wildman–Crippen MR) is 84.0 cm³/mol. The summed E-state index contributed by atoms with van der Waals surface area (Å²) in [6.45, 7) is 4.45. The molecule has 21 heavy (non-hydrogen) atoms. The van der Waals surface area contributed by atoms with Crippen LogP contribution in [-0.2, 0) is 15.3 Å². The molecule has 0 saturated carbocycles. The Morgan fingerprint density at radius 2 is 1.95 bits per heavy atom. The van der Waals surface area contributed by atoms with Crippen LogP contribution < -0.4 is 4.74 Å². The van der Waals surface area contributed by atoms with Gasteiger partial charge in [0.1, 0.15) is 5.75 Å². The lowest BCUT2D eigenvalue weighted by molar-refractivity contribution is -0.173. The molecule has 1 fully saturated rings. The molecule has 0 aromatic heterocycles. The zero-order chi connectivity index (χ0) is 15.0. The molecule has 3 unspecified atom stereocenters. The fourth-order valence-electron chi connectivity index (χ4n) is 2.77. The molecule has 1 heterocycles. The van der Waals surface area contributed by atoms with Crippen LogP contribution >= 0.6 is 11.6 Å². The summed E-state index contributed by atoms with van der Waals surface area (Å²) in [5.74, 6) is -0.0209. The van der Waals surface area contributed by atoms with E-state index in [2.05, 4.69) is 6.07 Å². The van der Waals surface area contributed by atoms with Crippen LogP contribution in [0.3, 0.4) is 0 Å². The molecular formula is C17H19ClO3.